The first-order valence-corrected chi connectivity index (χ1v) is 6.61. The number of nitrogens with two attached hydrogens (primary N) is 1. The first kappa shape index (κ1) is 14.2. The Morgan fingerprint density at radius 3 is 2.85 bits per heavy atom. The first-order valence-electron chi connectivity index (χ1n) is 6.61. The zero-order chi connectivity index (χ0) is 14.9. The molecule has 2 rings (SSSR count). The molecular weight excluding hydrogens is 260 g/mol. The van der Waals surface area contributed by atoms with E-state index in [1.165, 1.54) is 6.07 Å². The average molecular weight is 278 g/mol. The number of nitrogen functional groups attached to an aromatic ring is 1. The van der Waals surface area contributed by atoms with Crippen molar-refractivity contribution in [1.82, 2.24) is 9.88 Å². The summed E-state index contributed by atoms with van der Waals surface area (Å²) in [6.45, 7) is 4.78. The van der Waals surface area contributed by atoms with Gasteiger partial charge in [-0.15, -0.1) is 0 Å². The van der Waals surface area contributed by atoms with E-state index in [0.717, 1.165) is 19.0 Å². The number of carbonyl (C=O) groups excluding carboxylic acids is 1. The zero-order valence-corrected chi connectivity index (χ0v) is 11.6. The summed E-state index contributed by atoms with van der Waals surface area (Å²) < 4.78 is 0. The molecule has 0 saturated carbocycles. The van der Waals surface area contributed by atoms with Gasteiger partial charge in [0.2, 0.25) is 0 Å². The summed E-state index contributed by atoms with van der Waals surface area (Å²) in [4.78, 5) is 28.2. The lowest BCUT2D eigenvalue weighted by molar-refractivity contribution is -0.385. The van der Waals surface area contributed by atoms with Gasteiger partial charge < -0.3 is 10.6 Å². The summed E-state index contributed by atoms with van der Waals surface area (Å²) in [6, 6.07) is 1.31. The van der Waals surface area contributed by atoms with Crippen molar-refractivity contribution < 1.29 is 9.72 Å². The Bertz CT molecular complexity index is 546. The minimum Gasteiger partial charge on any atom is -0.383 e. The van der Waals surface area contributed by atoms with Crippen LogP contribution < -0.4 is 5.73 Å². The fourth-order valence-electron chi connectivity index (χ4n) is 2.60. The average Bonchev–Trinajstić information content (AvgIpc) is 2.38. The molecule has 1 aliphatic heterocycles. The molecule has 1 saturated heterocycles. The predicted octanol–water partition coefficient (Wildman–Crippen LogP) is 1.83. The quantitative estimate of drug-likeness (QED) is 0.656. The summed E-state index contributed by atoms with van der Waals surface area (Å²) >= 11 is 0. The monoisotopic (exact) mass is 278 g/mol. The number of nitro groups is 1. The largest absolute Gasteiger partial charge is 0.383 e. The number of hydrogen-bond donors (Lipinski definition) is 1. The van der Waals surface area contributed by atoms with Crippen LogP contribution in [0.4, 0.5) is 11.5 Å². The summed E-state index contributed by atoms with van der Waals surface area (Å²) in [5.41, 5.74) is 5.58. The van der Waals surface area contributed by atoms with Gasteiger partial charge in [-0.1, -0.05) is 6.92 Å². The van der Waals surface area contributed by atoms with E-state index in [1.54, 1.807) is 4.90 Å². The van der Waals surface area contributed by atoms with E-state index in [0.29, 0.717) is 12.5 Å². The molecule has 0 aliphatic carbocycles. The number of nitrogens with zero attached hydrogens (tertiary/aromatic N) is 3. The third-order valence-corrected chi connectivity index (χ3v) is 3.74. The van der Waals surface area contributed by atoms with Gasteiger partial charge in [0.25, 0.3) is 11.6 Å². The second-order valence-corrected chi connectivity index (χ2v) is 5.36. The van der Waals surface area contributed by atoms with Crippen molar-refractivity contribution in [1.29, 1.82) is 0 Å². The topological polar surface area (TPSA) is 102 Å². The van der Waals surface area contributed by atoms with Crippen LogP contribution in [0.3, 0.4) is 0 Å². The SMILES string of the molecule is CC1CCN(C(=O)c2cc([N+](=O)[O-])cnc2N)C(C)C1. The third kappa shape index (κ3) is 2.71. The molecule has 2 N–H and O–H groups in total. The van der Waals surface area contributed by atoms with Gasteiger partial charge in [-0.2, -0.15) is 0 Å². The molecule has 1 amide bonds. The smallest absolute Gasteiger partial charge is 0.288 e. The third-order valence-electron chi connectivity index (χ3n) is 3.74. The Morgan fingerprint density at radius 2 is 2.25 bits per heavy atom. The summed E-state index contributed by atoms with van der Waals surface area (Å²) in [7, 11) is 0. The minimum atomic E-state index is -0.578. The van der Waals surface area contributed by atoms with Crippen LogP contribution >= 0.6 is 0 Å². The van der Waals surface area contributed by atoms with Gasteiger partial charge in [0, 0.05) is 18.7 Å². The van der Waals surface area contributed by atoms with E-state index in [9.17, 15) is 14.9 Å². The normalized spacial score (nSPS) is 22.6. The standard InChI is InChI=1S/C13H18N4O3/c1-8-3-4-16(9(2)5-8)13(18)11-6-10(17(19)20)7-15-12(11)14/h6-9H,3-5H2,1-2H3,(H2,14,15). The molecule has 1 aromatic heterocycles. The maximum absolute atomic E-state index is 12.5. The highest BCUT2D eigenvalue weighted by Crippen LogP contribution is 2.26. The van der Waals surface area contributed by atoms with E-state index < -0.39 is 4.92 Å². The Labute approximate surface area is 116 Å². The van der Waals surface area contributed by atoms with Crippen molar-refractivity contribution in [3.05, 3.63) is 27.9 Å². The van der Waals surface area contributed by atoms with Crippen LogP contribution in [-0.2, 0) is 0 Å². The van der Waals surface area contributed by atoms with Crippen LogP contribution in [0.25, 0.3) is 0 Å². The zero-order valence-electron chi connectivity index (χ0n) is 11.6. The Kier molecular flexibility index (Phi) is 3.87. The van der Waals surface area contributed by atoms with E-state index >= 15 is 0 Å². The molecule has 1 fully saturated rings. The van der Waals surface area contributed by atoms with Crippen molar-refractivity contribution in [2.45, 2.75) is 32.7 Å². The maximum Gasteiger partial charge on any atom is 0.288 e. The Balaban J connectivity index is 2.29. The first-order chi connectivity index (χ1) is 9.40. The van der Waals surface area contributed by atoms with Gasteiger partial charge in [-0.25, -0.2) is 4.98 Å². The molecular formula is C13H18N4O3. The number of anilines is 1. The molecule has 1 aromatic rings. The molecule has 2 atom stereocenters. The molecule has 7 heteroatoms. The number of carbonyl (C=O) groups is 1. The van der Waals surface area contributed by atoms with Crippen LogP contribution in [0.1, 0.15) is 37.0 Å². The molecule has 20 heavy (non-hydrogen) atoms. The highest BCUT2D eigenvalue weighted by atomic mass is 16.6. The number of hydrogen-bond acceptors (Lipinski definition) is 5. The lowest BCUT2D eigenvalue weighted by atomic mass is 9.93. The molecule has 0 spiro atoms. The Hall–Kier alpha value is -2.18. The van der Waals surface area contributed by atoms with Crippen molar-refractivity contribution >= 4 is 17.4 Å². The lowest BCUT2D eigenvalue weighted by Crippen LogP contribution is -2.44. The molecule has 7 nitrogen and oxygen atoms in total. The van der Waals surface area contributed by atoms with Gasteiger partial charge in [-0.05, 0) is 25.7 Å². The molecule has 2 heterocycles. The number of aromatic nitrogens is 1. The van der Waals surface area contributed by atoms with E-state index in [1.807, 2.05) is 6.92 Å². The van der Waals surface area contributed by atoms with Crippen LogP contribution in [0.2, 0.25) is 0 Å². The molecule has 108 valence electrons. The summed E-state index contributed by atoms with van der Waals surface area (Å²) in [5, 5.41) is 10.8. The second-order valence-electron chi connectivity index (χ2n) is 5.36. The fourth-order valence-corrected chi connectivity index (χ4v) is 2.60. The number of amides is 1. The fraction of sp³-hybridized carbons (Fsp3) is 0.538. The van der Waals surface area contributed by atoms with Gasteiger partial charge in [0.15, 0.2) is 0 Å². The van der Waals surface area contributed by atoms with Gasteiger partial charge >= 0.3 is 0 Å². The predicted molar refractivity (Wildman–Crippen MR) is 74.2 cm³/mol. The van der Waals surface area contributed by atoms with Crippen molar-refractivity contribution in [2.75, 3.05) is 12.3 Å². The van der Waals surface area contributed by atoms with Crippen LogP contribution in [-0.4, -0.2) is 33.3 Å². The molecule has 0 bridgehead atoms. The van der Waals surface area contributed by atoms with E-state index in [4.69, 9.17) is 5.73 Å². The second kappa shape index (κ2) is 5.44. The highest BCUT2D eigenvalue weighted by molar-refractivity contribution is 5.99. The number of pyridine rings is 1. The van der Waals surface area contributed by atoms with Crippen LogP contribution in [0.15, 0.2) is 12.3 Å². The van der Waals surface area contributed by atoms with E-state index in [2.05, 4.69) is 11.9 Å². The molecule has 2 unspecified atom stereocenters. The van der Waals surface area contributed by atoms with Crippen molar-refractivity contribution in [3.63, 3.8) is 0 Å². The van der Waals surface area contributed by atoms with Gasteiger partial charge in [0.05, 0.1) is 10.5 Å². The highest BCUT2D eigenvalue weighted by Gasteiger charge is 2.29. The van der Waals surface area contributed by atoms with E-state index in [-0.39, 0.29) is 29.0 Å². The number of likely N-dealkylation sites (tertiary alicyclic amines) is 1. The number of rotatable bonds is 2. The summed E-state index contributed by atoms with van der Waals surface area (Å²) in [6.07, 6.45) is 2.92. The summed E-state index contributed by atoms with van der Waals surface area (Å²) in [5.74, 6) is 0.333. The Morgan fingerprint density at radius 1 is 1.55 bits per heavy atom. The van der Waals surface area contributed by atoms with Crippen LogP contribution in [0, 0.1) is 16.0 Å². The van der Waals surface area contributed by atoms with Crippen molar-refractivity contribution in [2.24, 2.45) is 5.92 Å². The van der Waals surface area contributed by atoms with Gasteiger partial charge in [-0.3, -0.25) is 14.9 Å². The van der Waals surface area contributed by atoms with Crippen LogP contribution in [0.5, 0.6) is 0 Å². The minimum absolute atomic E-state index is 0.0337. The number of piperidine rings is 1. The maximum atomic E-state index is 12.5. The molecule has 0 radical (unpaired) electrons. The molecule has 0 aromatic carbocycles. The lowest BCUT2D eigenvalue weighted by Gasteiger charge is -2.36. The van der Waals surface area contributed by atoms with Crippen molar-refractivity contribution in [3.8, 4) is 0 Å². The van der Waals surface area contributed by atoms with Gasteiger partial charge in [0.1, 0.15) is 12.0 Å². The molecule has 1 aliphatic rings.